The van der Waals surface area contributed by atoms with E-state index in [1.54, 1.807) is 0 Å². The smallest absolute Gasteiger partial charge is 0.409 e. The molecular weight excluding hydrogens is 722 g/mol. The molecule has 6 aromatic rings. The van der Waals surface area contributed by atoms with Crippen LogP contribution in [0.25, 0.3) is 22.3 Å². The lowest BCUT2D eigenvalue weighted by molar-refractivity contribution is -0.00000955. The number of aliphatic imine (C=N–C) groups is 2. The van der Waals surface area contributed by atoms with Crippen LogP contribution in [-0.2, 0) is 0 Å². The minimum Gasteiger partial charge on any atom is -1.00 e. The van der Waals surface area contributed by atoms with Gasteiger partial charge in [0.15, 0.2) is 22.5 Å². The molecule has 10 rings (SSSR count). The molecule has 0 saturated heterocycles. The summed E-state index contributed by atoms with van der Waals surface area (Å²) >= 11 is 16.4. The molecule has 4 aliphatic rings. The van der Waals surface area contributed by atoms with Crippen molar-refractivity contribution in [2.24, 2.45) is 9.98 Å². The van der Waals surface area contributed by atoms with Crippen LogP contribution < -0.4 is 23.1 Å². The van der Waals surface area contributed by atoms with Gasteiger partial charge in [0.05, 0.1) is 44.9 Å². The van der Waals surface area contributed by atoms with E-state index in [1.807, 2.05) is 24.3 Å². The Bertz CT molecular complexity index is 2550. The lowest BCUT2D eigenvalue weighted by Gasteiger charge is -2.24. The van der Waals surface area contributed by atoms with Gasteiger partial charge in [-0.25, -0.2) is 9.98 Å². The van der Waals surface area contributed by atoms with E-state index >= 15 is 0 Å². The van der Waals surface area contributed by atoms with E-state index in [2.05, 4.69) is 154 Å². The molecule has 4 nitrogen and oxygen atoms in total. The van der Waals surface area contributed by atoms with Crippen LogP contribution in [0.15, 0.2) is 191 Å². The maximum atomic E-state index is 8.22. The first kappa shape index (κ1) is 32.7. The Hall–Kier alpha value is -5.22. The first-order valence-corrected chi connectivity index (χ1v) is 20.3. The molecule has 0 unspecified atom stereocenters. The fourth-order valence-electron chi connectivity index (χ4n) is 7.63. The molecule has 0 saturated carbocycles. The Labute approximate surface area is 317 Å². The molecule has 4 aliphatic heterocycles. The third kappa shape index (κ3) is 5.02. The molecule has 8 heteroatoms. The van der Waals surface area contributed by atoms with Gasteiger partial charge < -0.3 is 12.4 Å². The molecular formula is C44H28Cl3N4P. The summed E-state index contributed by atoms with van der Waals surface area (Å²) in [6.07, 6.45) is 5.06. The normalized spacial score (nSPS) is 16.5. The first-order chi connectivity index (χ1) is 25.1. The Kier molecular flexibility index (Phi) is 8.02. The van der Waals surface area contributed by atoms with Crippen molar-refractivity contribution in [1.82, 2.24) is 8.68 Å². The Morgan fingerprint density at radius 2 is 0.731 bits per heavy atom. The summed E-state index contributed by atoms with van der Waals surface area (Å²) in [5.41, 5.74) is 13.1. The standard InChI is InChI=1S/C44H28Cl2N4P.ClH/c45-51(46)49-37-25-26-38(49)43(31-17-9-3-10-18-31)35-23-24-36(48-35)44(32-19-11-4-12-20-32)40-28-27-39(50(40)51)42(30-15-7-2-8-16-30)34-22-21-33(47-34)41(37)29-13-5-1-6-14-29;/h1-28H;1H/q+1;/p-1. The number of benzene rings is 4. The summed E-state index contributed by atoms with van der Waals surface area (Å²) < 4.78 is 4.36. The third-order valence-corrected chi connectivity index (χ3v) is 13.4. The molecule has 0 aliphatic carbocycles. The Balaban J connectivity index is 0.00000360. The van der Waals surface area contributed by atoms with E-state index in [4.69, 9.17) is 32.5 Å². The zero-order valence-corrected chi connectivity index (χ0v) is 30.7. The number of fused-ring (bicyclic) bond motifs is 2. The van der Waals surface area contributed by atoms with Crippen molar-refractivity contribution < 1.29 is 12.4 Å². The number of halogens is 3. The van der Waals surface area contributed by atoms with Crippen LogP contribution in [-0.4, -0.2) is 20.1 Å². The van der Waals surface area contributed by atoms with Gasteiger partial charge in [-0.15, -0.1) is 0 Å². The minimum absolute atomic E-state index is 0. The third-order valence-electron chi connectivity index (χ3n) is 9.77. The van der Waals surface area contributed by atoms with Crippen molar-refractivity contribution in [2.75, 3.05) is 0 Å². The second kappa shape index (κ2) is 12.8. The highest BCUT2D eigenvalue weighted by atomic mass is 35.9. The second-order valence-electron chi connectivity index (χ2n) is 12.7. The molecule has 0 fully saturated rings. The van der Waals surface area contributed by atoms with Crippen LogP contribution in [0.3, 0.4) is 0 Å². The van der Waals surface area contributed by atoms with Crippen LogP contribution in [0.2, 0.25) is 0 Å². The monoisotopic (exact) mass is 748 g/mol. The summed E-state index contributed by atoms with van der Waals surface area (Å²) in [6, 6.07) is 50.2. The number of hydrogen-bond acceptors (Lipinski definition) is 2. The number of aromatic nitrogens is 2. The lowest BCUT2D eigenvalue weighted by atomic mass is 10.0. The molecule has 4 aromatic carbocycles. The van der Waals surface area contributed by atoms with E-state index in [0.29, 0.717) is 0 Å². The van der Waals surface area contributed by atoms with Crippen molar-refractivity contribution in [3.05, 3.63) is 226 Å². The molecule has 6 heterocycles. The molecule has 0 amide bonds. The zero-order valence-electron chi connectivity index (χ0n) is 27.5. The quantitative estimate of drug-likeness (QED) is 0.178. The number of rotatable bonds is 4. The molecule has 250 valence electrons. The highest BCUT2D eigenvalue weighted by molar-refractivity contribution is 8.15. The van der Waals surface area contributed by atoms with Crippen molar-refractivity contribution in [3.63, 3.8) is 0 Å². The van der Waals surface area contributed by atoms with Crippen LogP contribution >= 0.6 is 28.8 Å². The summed E-state index contributed by atoms with van der Waals surface area (Å²) in [7, 11) is 0. The molecule has 0 spiro atoms. The van der Waals surface area contributed by atoms with Crippen LogP contribution in [0.4, 0.5) is 0 Å². The van der Waals surface area contributed by atoms with Crippen molar-refractivity contribution in [2.45, 2.75) is 0 Å². The topological polar surface area (TPSA) is 34.6 Å². The lowest BCUT2D eigenvalue weighted by Crippen LogP contribution is -3.00. The fourth-order valence-corrected chi connectivity index (χ4v) is 11.5. The van der Waals surface area contributed by atoms with E-state index in [9.17, 15) is 0 Å². The predicted molar refractivity (Wildman–Crippen MR) is 214 cm³/mol. The van der Waals surface area contributed by atoms with Gasteiger partial charge in [0.1, 0.15) is 0 Å². The van der Waals surface area contributed by atoms with Gasteiger partial charge in [0, 0.05) is 22.3 Å². The van der Waals surface area contributed by atoms with Crippen molar-refractivity contribution in [3.8, 4) is 0 Å². The maximum Gasteiger partial charge on any atom is 0.409 e. The van der Waals surface area contributed by atoms with Gasteiger partial charge >= 0.3 is 6.27 Å². The fraction of sp³-hybridized carbons (Fsp3) is 0. The number of allylic oxidation sites excluding steroid dienone is 4. The van der Waals surface area contributed by atoms with E-state index in [-0.39, 0.29) is 12.4 Å². The van der Waals surface area contributed by atoms with Crippen molar-refractivity contribution >= 4 is 62.5 Å². The van der Waals surface area contributed by atoms with E-state index < -0.39 is 6.27 Å². The molecule has 2 aromatic heterocycles. The highest BCUT2D eigenvalue weighted by Gasteiger charge is 2.48. The Morgan fingerprint density at radius 3 is 1.10 bits per heavy atom. The van der Waals surface area contributed by atoms with Gasteiger partial charge in [-0.1, -0.05) is 121 Å². The minimum atomic E-state index is -3.41. The van der Waals surface area contributed by atoms with Crippen LogP contribution in [0.5, 0.6) is 0 Å². The average Bonchev–Trinajstić information content (AvgIpc) is 4.00. The molecule has 52 heavy (non-hydrogen) atoms. The van der Waals surface area contributed by atoms with Gasteiger partial charge in [-0.3, -0.25) is 0 Å². The predicted octanol–water partition coefficient (Wildman–Crippen LogP) is 6.81. The van der Waals surface area contributed by atoms with Gasteiger partial charge in [-0.2, -0.15) is 8.68 Å². The van der Waals surface area contributed by atoms with Crippen LogP contribution in [0, 0.1) is 0 Å². The van der Waals surface area contributed by atoms with Crippen LogP contribution in [0.1, 0.15) is 33.6 Å². The van der Waals surface area contributed by atoms with E-state index in [0.717, 1.165) is 89.4 Å². The average molecular weight is 750 g/mol. The van der Waals surface area contributed by atoms with Crippen molar-refractivity contribution in [1.29, 1.82) is 0 Å². The SMILES string of the molecule is Cl[P+]1(Cl)n2c3ccc2C(c2ccccc2)=C2C=CC(=N2)C(c2ccccc2)=c2ccc(n21)=C(c1ccccc1)C1=NC(=C3c2ccccc2)C=C1.[Cl-]. The highest BCUT2D eigenvalue weighted by Crippen LogP contribution is 2.72. The number of hydrogen-bond donors (Lipinski definition) is 0. The van der Waals surface area contributed by atoms with E-state index in [1.165, 1.54) is 0 Å². The summed E-state index contributed by atoms with van der Waals surface area (Å²) in [5, 5.41) is 1.77. The van der Waals surface area contributed by atoms with Gasteiger partial charge in [-0.05, 0) is 70.8 Å². The molecule has 6 bridgehead atoms. The first-order valence-electron chi connectivity index (χ1n) is 16.8. The molecule has 0 radical (unpaired) electrons. The second-order valence-corrected chi connectivity index (χ2v) is 17.7. The zero-order chi connectivity index (χ0) is 34.1. The summed E-state index contributed by atoms with van der Waals surface area (Å²) in [5.74, 6) is 0. The summed E-state index contributed by atoms with van der Waals surface area (Å²) in [4.78, 5) is 10.8. The van der Waals surface area contributed by atoms with Gasteiger partial charge in [0.2, 0.25) is 0 Å². The largest absolute Gasteiger partial charge is 1.00 e. The Morgan fingerprint density at radius 1 is 0.385 bits per heavy atom. The maximum absolute atomic E-state index is 8.22. The van der Waals surface area contributed by atoms with Gasteiger partial charge in [0.25, 0.3) is 0 Å². The molecule has 0 N–H and O–H groups in total. The summed E-state index contributed by atoms with van der Waals surface area (Å²) in [6.45, 7) is 0. The molecule has 0 atom stereocenters. The number of nitrogens with zero attached hydrogens (tertiary/aromatic N) is 4.